The Morgan fingerprint density at radius 1 is 1.36 bits per heavy atom. The smallest absolute Gasteiger partial charge is 0.336 e. The second-order valence-electron chi connectivity index (χ2n) is 7.88. The summed E-state index contributed by atoms with van der Waals surface area (Å²) in [6.07, 6.45) is 0.924. The maximum Gasteiger partial charge on any atom is 0.336 e. The van der Waals surface area contributed by atoms with E-state index in [0.29, 0.717) is 29.7 Å². The van der Waals surface area contributed by atoms with Gasteiger partial charge in [-0.25, -0.2) is 4.79 Å². The number of carbonyl (C=O) groups excluding carboxylic acids is 2. The van der Waals surface area contributed by atoms with Crippen LogP contribution in [-0.2, 0) is 14.3 Å². The molecule has 148 valence electrons. The number of dihydropyridines is 1. The summed E-state index contributed by atoms with van der Waals surface area (Å²) in [5, 5.41) is 14.7. The van der Waals surface area contributed by atoms with Gasteiger partial charge in [-0.3, -0.25) is 14.9 Å². The van der Waals surface area contributed by atoms with Crippen molar-refractivity contribution in [3.05, 3.63) is 61.4 Å². The molecular formula is C20H21ClN2O5. The van der Waals surface area contributed by atoms with Crippen molar-refractivity contribution in [2.75, 3.05) is 7.11 Å². The van der Waals surface area contributed by atoms with Gasteiger partial charge in [-0.2, -0.15) is 0 Å². The van der Waals surface area contributed by atoms with Gasteiger partial charge in [-0.05, 0) is 30.4 Å². The van der Waals surface area contributed by atoms with Gasteiger partial charge in [-0.1, -0.05) is 25.4 Å². The van der Waals surface area contributed by atoms with Gasteiger partial charge in [0.05, 0.1) is 17.6 Å². The number of nitrogens with zero attached hydrogens (tertiary/aromatic N) is 1. The van der Waals surface area contributed by atoms with Gasteiger partial charge in [0, 0.05) is 46.5 Å². The molecule has 0 aromatic heterocycles. The number of rotatable bonds is 3. The standard InChI is InChI=1S/C20H21ClN2O5/c1-10-16(19(25)28-4)17(12-7-11(23(26)27)5-6-13(12)21)18-14(22-10)8-20(2,3)9-15(18)24/h5-7,17,22H,8-9H2,1-4H3/t17-/m0/s1. The number of Topliss-reactive ketones (excluding diaryl/α,β-unsaturated/α-hetero) is 1. The predicted octanol–water partition coefficient (Wildman–Crippen LogP) is 4.03. The van der Waals surface area contributed by atoms with Crippen molar-refractivity contribution in [3.8, 4) is 0 Å². The molecule has 1 aromatic rings. The lowest BCUT2D eigenvalue weighted by molar-refractivity contribution is -0.384. The summed E-state index contributed by atoms with van der Waals surface area (Å²) < 4.78 is 4.94. The van der Waals surface area contributed by atoms with Crippen LogP contribution in [0.5, 0.6) is 0 Å². The predicted molar refractivity (Wildman–Crippen MR) is 104 cm³/mol. The van der Waals surface area contributed by atoms with Crippen LogP contribution in [0.25, 0.3) is 0 Å². The fourth-order valence-electron chi connectivity index (χ4n) is 3.99. The summed E-state index contributed by atoms with van der Waals surface area (Å²) >= 11 is 6.38. The van der Waals surface area contributed by atoms with Crippen LogP contribution in [-0.4, -0.2) is 23.8 Å². The number of allylic oxidation sites excluding steroid dienone is 3. The summed E-state index contributed by atoms with van der Waals surface area (Å²) in [7, 11) is 1.25. The molecule has 3 rings (SSSR count). The number of nitro groups is 1. The van der Waals surface area contributed by atoms with Crippen molar-refractivity contribution in [2.45, 2.75) is 39.5 Å². The zero-order chi connectivity index (χ0) is 20.8. The molecule has 0 spiro atoms. The van der Waals surface area contributed by atoms with E-state index in [0.717, 1.165) is 5.70 Å². The van der Waals surface area contributed by atoms with Crippen LogP contribution in [0.3, 0.4) is 0 Å². The normalized spacial score (nSPS) is 21.2. The zero-order valence-corrected chi connectivity index (χ0v) is 16.8. The minimum Gasteiger partial charge on any atom is -0.466 e. The Balaban J connectivity index is 2.28. The molecule has 7 nitrogen and oxygen atoms in total. The third-order valence-electron chi connectivity index (χ3n) is 5.15. The van der Waals surface area contributed by atoms with Gasteiger partial charge in [0.2, 0.25) is 0 Å². The lowest BCUT2D eigenvalue weighted by atomic mass is 9.68. The summed E-state index contributed by atoms with van der Waals surface area (Å²) in [6.45, 7) is 5.72. The van der Waals surface area contributed by atoms with Crippen LogP contribution in [0.2, 0.25) is 5.02 Å². The molecule has 1 aliphatic heterocycles. The number of carbonyl (C=O) groups is 2. The van der Waals surface area contributed by atoms with Crippen molar-refractivity contribution in [1.82, 2.24) is 5.32 Å². The number of halogens is 1. The SMILES string of the molecule is COC(=O)C1=C(C)NC2=C(C(=O)CC(C)(C)C2)[C@H]1c1cc([N+](=O)[O-])ccc1Cl. The molecular weight excluding hydrogens is 384 g/mol. The third-order valence-corrected chi connectivity index (χ3v) is 5.49. The van der Waals surface area contributed by atoms with Gasteiger partial charge < -0.3 is 10.1 Å². The number of nitrogens with one attached hydrogen (secondary N) is 1. The van der Waals surface area contributed by atoms with Gasteiger partial charge in [0.1, 0.15) is 0 Å². The third kappa shape index (κ3) is 3.42. The highest BCUT2D eigenvalue weighted by molar-refractivity contribution is 6.31. The first kappa shape index (κ1) is 20.1. The number of hydrogen-bond donors (Lipinski definition) is 1. The molecule has 0 fully saturated rings. The van der Waals surface area contributed by atoms with Crippen LogP contribution >= 0.6 is 11.6 Å². The van der Waals surface area contributed by atoms with E-state index in [1.54, 1.807) is 6.92 Å². The van der Waals surface area contributed by atoms with Crippen molar-refractivity contribution >= 4 is 29.0 Å². The summed E-state index contributed by atoms with van der Waals surface area (Å²) in [4.78, 5) is 36.4. The van der Waals surface area contributed by atoms with Crippen molar-refractivity contribution < 1.29 is 19.2 Å². The first-order valence-electron chi connectivity index (χ1n) is 8.82. The zero-order valence-electron chi connectivity index (χ0n) is 16.1. The number of ketones is 1. The molecule has 28 heavy (non-hydrogen) atoms. The molecule has 1 aromatic carbocycles. The van der Waals surface area contributed by atoms with Gasteiger partial charge in [-0.15, -0.1) is 0 Å². The Morgan fingerprint density at radius 2 is 2.04 bits per heavy atom. The topological polar surface area (TPSA) is 98.5 Å². The quantitative estimate of drug-likeness (QED) is 0.464. The molecule has 0 radical (unpaired) electrons. The number of benzene rings is 1. The van der Waals surface area contributed by atoms with Gasteiger partial charge in [0.25, 0.3) is 5.69 Å². The van der Waals surface area contributed by atoms with E-state index in [1.807, 2.05) is 13.8 Å². The summed E-state index contributed by atoms with van der Waals surface area (Å²) in [5.41, 5.74) is 1.87. The van der Waals surface area contributed by atoms with Crippen molar-refractivity contribution in [1.29, 1.82) is 0 Å². The minimum absolute atomic E-state index is 0.111. The molecule has 8 heteroatoms. The number of nitro benzene ring substituents is 1. The number of hydrogen-bond acceptors (Lipinski definition) is 6. The van der Waals surface area contributed by atoms with Crippen LogP contribution < -0.4 is 5.32 Å². The molecule has 0 saturated carbocycles. The first-order chi connectivity index (χ1) is 13.1. The molecule has 1 N–H and O–H groups in total. The lowest BCUT2D eigenvalue weighted by Gasteiger charge is -2.39. The van der Waals surface area contributed by atoms with E-state index in [1.165, 1.54) is 25.3 Å². The molecule has 0 amide bonds. The monoisotopic (exact) mass is 404 g/mol. The number of esters is 1. The first-order valence-corrected chi connectivity index (χ1v) is 9.19. The number of methoxy groups -OCH3 is 1. The average molecular weight is 405 g/mol. The van der Waals surface area contributed by atoms with Gasteiger partial charge in [0.15, 0.2) is 5.78 Å². The van der Waals surface area contributed by atoms with Crippen LogP contribution in [0, 0.1) is 15.5 Å². The minimum atomic E-state index is -0.820. The van der Waals surface area contributed by atoms with E-state index in [-0.39, 0.29) is 27.5 Å². The number of ether oxygens (including phenoxy) is 1. The van der Waals surface area contributed by atoms with Crippen LogP contribution in [0.1, 0.15) is 45.1 Å². The van der Waals surface area contributed by atoms with E-state index >= 15 is 0 Å². The fraction of sp³-hybridized carbons (Fsp3) is 0.400. The highest BCUT2D eigenvalue weighted by Gasteiger charge is 2.43. The van der Waals surface area contributed by atoms with E-state index in [9.17, 15) is 19.7 Å². The molecule has 0 saturated heterocycles. The summed E-state index contributed by atoms with van der Waals surface area (Å²) in [5.74, 6) is -1.54. The van der Waals surface area contributed by atoms with Crippen molar-refractivity contribution in [2.24, 2.45) is 5.41 Å². The molecule has 2 aliphatic rings. The maximum absolute atomic E-state index is 13.1. The van der Waals surface area contributed by atoms with Crippen LogP contribution in [0.4, 0.5) is 5.69 Å². The van der Waals surface area contributed by atoms with E-state index in [2.05, 4.69) is 5.32 Å². The Kier molecular flexibility index (Phi) is 5.06. The molecule has 1 aliphatic carbocycles. The molecule has 0 unspecified atom stereocenters. The highest BCUT2D eigenvalue weighted by atomic mass is 35.5. The maximum atomic E-state index is 13.1. The molecule has 1 heterocycles. The Hall–Kier alpha value is -2.67. The number of non-ortho nitro benzene ring substituents is 1. The molecule has 1 atom stereocenters. The Morgan fingerprint density at radius 3 is 2.64 bits per heavy atom. The largest absolute Gasteiger partial charge is 0.466 e. The summed E-state index contributed by atoms with van der Waals surface area (Å²) in [6, 6.07) is 4.04. The highest BCUT2D eigenvalue weighted by Crippen LogP contribution is 2.48. The van der Waals surface area contributed by atoms with E-state index in [4.69, 9.17) is 16.3 Å². The fourth-order valence-corrected chi connectivity index (χ4v) is 4.22. The van der Waals surface area contributed by atoms with E-state index < -0.39 is 16.8 Å². The molecule has 0 bridgehead atoms. The van der Waals surface area contributed by atoms with Crippen LogP contribution in [0.15, 0.2) is 40.7 Å². The van der Waals surface area contributed by atoms with Crippen molar-refractivity contribution in [3.63, 3.8) is 0 Å². The second kappa shape index (κ2) is 7.05. The Bertz CT molecular complexity index is 961. The Labute approximate surface area is 167 Å². The lowest BCUT2D eigenvalue weighted by Crippen LogP contribution is -2.38. The average Bonchev–Trinajstić information content (AvgIpc) is 2.59. The van der Waals surface area contributed by atoms with Gasteiger partial charge >= 0.3 is 5.97 Å². The second-order valence-corrected chi connectivity index (χ2v) is 8.29.